The number of hydrogen-bond donors (Lipinski definition) is 7. The number of phosphoric acid groups is 3. The molecule has 30 heavy (non-hydrogen) atoms. The maximum absolute atomic E-state index is 11.8. The summed E-state index contributed by atoms with van der Waals surface area (Å²) in [5.74, 6) is -0.507. The van der Waals surface area contributed by atoms with Crippen LogP contribution in [0.2, 0.25) is 0 Å². The fraction of sp³-hybridized carbons (Fsp3) is 0.545. The average molecular weight is 496 g/mol. The Labute approximate surface area is 168 Å². The number of carbonyl (C=O) groups is 1. The van der Waals surface area contributed by atoms with Crippen LogP contribution in [0.1, 0.15) is 6.92 Å². The molecular weight excluding hydrogens is 477 g/mol. The SMILES string of the molecule is C=C1NC(=O)C=CN1[C@@H]1O[C@H](COP(=O)(O)OP(=O)(O)OP(=O)(O)O)C(O)[C@@]1(C)O. The summed E-state index contributed by atoms with van der Waals surface area (Å²) in [6, 6.07) is 0. The van der Waals surface area contributed by atoms with E-state index in [4.69, 9.17) is 19.4 Å². The number of hydrogen-bond acceptors (Lipinski definition) is 11. The van der Waals surface area contributed by atoms with Gasteiger partial charge in [0.1, 0.15) is 23.6 Å². The van der Waals surface area contributed by atoms with Crippen LogP contribution < -0.4 is 5.32 Å². The van der Waals surface area contributed by atoms with Crippen LogP contribution in [0, 0.1) is 0 Å². The van der Waals surface area contributed by atoms with Gasteiger partial charge in [-0.1, -0.05) is 6.58 Å². The molecule has 0 bridgehead atoms. The lowest BCUT2D eigenvalue weighted by Crippen LogP contribution is -2.53. The quantitative estimate of drug-likeness (QED) is 0.191. The Morgan fingerprint density at radius 3 is 2.37 bits per heavy atom. The van der Waals surface area contributed by atoms with Crippen molar-refractivity contribution in [3.8, 4) is 0 Å². The topological polar surface area (TPSA) is 242 Å². The average Bonchev–Trinajstić information content (AvgIpc) is 2.73. The molecule has 1 amide bonds. The number of nitrogens with zero attached hydrogens (tertiary/aromatic N) is 1. The number of rotatable bonds is 8. The summed E-state index contributed by atoms with van der Waals surface area (Å²) < 4.78 is 50.6. The second kappa shape index (κ2) is 8.52. The third kappa shape index (κ3) is 6.28. The normalized spacial score (nSPS) is 33.8. The van der Waals surface area contributed by atoms with E-state index < -0.39 is 60.0 Å². The van der Waals surface area contributed by atoms with Gasteiger partial charge in [0.05, 0.1) is 6.61 Å². The van der Waals surface area contributed by atoms with Crippen LogP contribution in [-0.4, -0.2) is 71.2 Å². The standard InChI is InChI=1S/C11H19N2O14P3/c1-6-12-8(14)3-4-13(6)10-11(2,16)9(15)7(25-10)5-24-29(20,21)27-30(22,23)26-28(17,18)19/h3-4,7,9-10,15-16H,1,5H2,2H3,(H,12,14)(H,20,21)(H,22,23)(H2,17,18,19)/t7-,9?,10-,11-/m1/s1. The minimum atomic E-state index is -5.71. The summed E-state index contributed by atoms with van der Waals surface area (Å²) >= 11 is 0. The molecule has 7 N–H and O–H groups in total. The number of phosphoric ester groups is 1. The molecule has 0 radical (unpaired) electrons. The number of amides is 1. The minimum absolute atomic E-state index is 0.00601. The Morgan fingerprint density at radius 2 is 1.83 bits per heavy atom. The molecule has 0 aromatic carbocycles. The van der Waals surface area contributed by atoms with Gasteiger partial charge in [-0.15, -0.1) is 0 Å². The number of nitrogens with one attached hydrogen (secondary N) is 1. The summed E-state index contributed by atoms with van der Waals surface area (Å²) in [6.07, 6.45) is -2.27. The number of ether oxygens (including phenoxy) is 1. The molecule has 0 aromatic rings. The van der Waals surface area contributed by atoms with Gasteiger partial charge >= 0.3 is 23.5 Å². The van der Waals surface area contributed by atoms with Crippen molar-refractivity contribution in [3.05, 3.63) is 24.7 Å². The Bertz CT molecular complexity index is 882. The van der Waals surface area contributed by atoms with Gasteiger partial charge in [0, 0.05) is 12.3 Å². The fourth-order valence-corrected chi connectivity index (χ4v) is 5.58. The van der Waals surface area contributed by atoms with Gasteiger partial charge in [-0.2, -0.15) is 8.62 Å². The zero-order chi connectivity index (χ0) is 23.1. The molecule has 16 nitrogen and oxygen atoms in total. The summed E-state index contributed by atoms with van der Waals surface area (Å²) in [5.41, 5.74) is -2.01. The second-order valence-corrected chi connectivity index (χ2v) is 10.7. The molecule has 2 aliphatic heterocycles. The zero-order valence-electron chi connectivity index (χ0n) is 15.0. The van der Waals surface area contributed by atoms with Crippen LogP contribution >= 0.6 is 23.5 Å². The van der Waals surface area contributed by atoms with Crippen LogP contribution in [0.25, 0.3) is 0 Å². The molecule has 0 saturated carbocycles. The van der Waals surface area contributed by atoms with Gasteiger partial charge in [-0.3, -0.25) is 9.32 Å². The molecule has 6 atom stereocenters. The van der Waals surface area contributed by atoms with E-state index in [0.29, 0.717) is 0 Å². The zero-order valence-corrected chi connectivity index (χ0v) is 17.7. The summed E-state index contributed by atoms with van der Waals surface area (Å²) in [7, 11) is -16.7. The lowest BCUT2D eigenvalue weighted by molar-refractivity contribution is -0.124. The van der Waals surface area contributed by atoms with Crippen molar-refractivity contribution in [3.63, 3.8) is 0 Å². The highest BCUT2D eigenvalue weighted by molar-refractivity contribution is 7.66. The van der Waals surface area contributed by atoms with Gasteiger partial charge in [-0.25, -0.2) is 13.7 Å². The van der Waals surface area contributed by atoms with Crippen LogP contribution in [0.3, 0.4) is 0 Å². The molecule has 2 heterocycles. The lowest BCUT2D eigenvalue weighted by atomic mass is 9.96. The third-order valence-corrected chi connectivity index (χ3v) is 7.59. The molecular formula is C11H19N2O14P3. The smallest absolute Gasteiger partial charge is 0.387 e. The fourth-order valence-electron chi connectivity index (χ4n) is 2.55. The van der Waals surface area contributed by atoms with E-state index in [1.807, 2.05) is 0 Å². The lowest BCUT2D eigenvalue weighted by Gasteiger charge is -2.37. The number of carbonyl (C=O) groups excluding carboxylic acids is 1. The van der Waals surface area contributed by atoms with Crippen LogP contribution in [0.15, 0.2) is 24.7 Å². The van der Waals surface area contributed by atoms with Crippen LogP contribution in [-0.2, 0) is 36.4 Å². The third-order valence-electron chi connectivity index (χ3n) is 3.79. The molecule has 0 spiro atoms. The van der Waals surface area contributed by atoms with Gasteiger partial charge in [0.15, 0.2) is 6.23 Å². The van der Waals surface area contributed by atoms with Crippen LogP contribution in [0.4, 0.5) is 0 Å². The van der Waals surface area contributed by atoms with E-state index in [0.717, 1.165) is 17.9 Å². The summed E-state index contributed by atoms with van der Waals surface area (Å²) in [6.45, 7) is 3.74. The maximum Gasteiger partial charge on any atom is 0.490 e. The van der Waals surface area contributed by atoms with E-state index >= 15 is 0 Å². The highest BCUT2D eigenvalue weighted by atomic mass is 31.3. The first-order valence-corrected chi connectivity index (χ1v) is 12.3. The van der Waals surface area contributed by atoms with Crippen molar-refractivity contribution in [1.29, 1.82) is 0 Å². The first-order chi connectivity index (χ1) is 13.4. The summed E-state index contributed by atoms with van der Waals surface area (Å²) in [5, 5.41) is 23.2. The molecule has 2 rings (SSSR count). The van der Waals surface area contributed by atoms with E-state index in [9.17, 15) is 33.6 Å². The number of aliphatic hydroxyl groups is 2. The first kappa shape index (κ1) is 25.3. The van der Waals surface area contributed by atoms with E-state index in [1.54, 1.807) is 0 Å². The predicted molar refractivity (Wildman–Crippen MR) is 93.4 cm³/mol. The highest BCUT2D eigenvalue weighted by Crippen LogP contribution is 2.66. The molecule has 1 saturated heterocycles. The van der Waals surface area contributed by atoms with Gasteiger partial charge in [-0.05, 0) is 6.92 Å². The molecule has 3 unspecified atom stereocenters. The molecule has 172 valence electrons. The van der Waals surface area contributed by atoms with E-state index in [1.165, 1.54) is 6.20 Å². The van der Waals surface area contributed by atoms with E-state index in [-0.39, 0.29) is 5.82 Å². The summed E-state index contributed by atoms with van der Waals surface area (Å²) in [4.78, 5) is 48.0. The molecule has 0 aliphatic carbocycles. The number of aliphatic hydroxyl groups excluding tert-OH is 1. The van der Waals surface area contributed by atoms with Crippen molar-refractivity contribution < 1.29 is 66.2 Å². The molecule has 19 heteroatoms. The minimum Gasteiger partial charge on any atom is -0.387 e. The predicted octanol–water partition coefficient (Wildman–Crippen LogP) is -1.42. The van der Waals surface area contributed by atoms with Gasteiger partial charge in [0.2, 0.25) is 0 Å². The molecule has 2 aliphatic rings. The van der Waals surface area contributed by atoms with Crippen molar-refractivity contribution in [2.75, 3.05) is 6.61 Å². The molecule has 0 aromatic heterocycles. The Morgan fingerprint density at radius 1 is 1.23 bits per heavy atom. The Hall–Kier alpha value is -0.960. The van der Waals surface area contributed by atoms with E-state index in [2.05, 4.69) is 25.0 Å². The molecule has 1 fully saturated rings. The van der Waals surface area contributed by atoms with Gasteiger partial charge < -0.3 is 44.7 Å². The van der Waals surface area contributed by atoms with Crippen LogP contribution in [0.5, 0.6) is 0 Å². The van der Waals surface area contributed by atoms with Gasteiger partial charge in [0.25, 0.3) is 5.91 Å². The largest absolute Gasteiger partial charge is 0.490 e. The second-order valence-electron chi connectivity index (χ2n) is 6.24. The highest BCUT2D eigenvalue weighted by Gasteiger charge is 2.55. The van der Waals surface area contributed by atoms with Crippen molar-refractivity contribution >= 4 is 29.4 Å². The van der Waals surface area contributed by atoms with Crippen molar-refractivity contribution in [2.24, 2.45) is 0 Å². The Kier molecular flexibility index (Phi) is 7.19. The Balaban J connectivity index is 2.07. The van der Waals surface area contributed by atoms with Crippen molar-refractivity contribution in [2.45, 2.75) is 31.0 Å². The monoisotopic (exact) mass is 496 g/mol. The van der Waals surface area contributed by atoms with Crippen molar-refractivity contribution in [1.82, 2.24) is 10.2 Å². The first-order valence-electron chi connectivity index (χ1n) is 7.74. The maximum atomic E-state index is 11.8.